The molecule has 0 unspecified atom stereocenters. The van der Waals surface area contributed by atoms with E-state index in [9.17, 15) is 10.1 Å². The van der Waals surface area contributed by atoms with E-state index in [1.807, 2.05) is 0 Å². The van der Waals surface area contributed by atoms with Crippen LogP contribution in [0.3, 0.4) is 0 Å². The van der Waals surface area contributed by atoms with Crippen molar-refractivity contribution in [2.45, 2.75) is 19.4 Å². The summed E-state index contributed by atoms with van der Waals surface area (Å²) < 4.78 is 0. The fourth-order valence-corrected chi connectivity index (χ4v) is 1.35. The Morgan fingerprint density at radius 3 is 2.69 bits per heavy atom. The molecule has 0 radical (unpaired) electrons. The molecule has 0 aliphatic rings. The lowest BCUT2D eigenvalue weighted by Gasteiger charge is -2.21. The maximum atomic E-state index is 10.8. The minimum absolute atomic E-state index is 0.0872. The van der Waals surface area contributed by atoms with Crippen LogP contribution in [0.5, 0.6) is 0 Å². The van der Waals surface area contributed by atoms with Crippen molar-refractivity contribution in [3.05, 3.63) is 33.3 Å². The topological polar surface area (TPSA) is 55.2 Å². The van der Waals surface area contributed by atoms with Crippen molar-refractivity contribution in [1.29, 1.82) is 0 Å². The van der Waals surface area contributed by atoms with Crippen molar-refractivity contribution < 1.29 is 4.92 Å². The molecule has 84 valence electrons. The molecule has 0 spiro atoms. The van der Waals surface area contributed by atoms with Gasteiger partial charge in [-0.25, -0.2) is 0 Å². The van der Waals surface area contributed by atoms with E-state index in [0.717, 1.165) is 0 Å². The van der Waals surface area contributed by atoms with Gasteiger partial charge < -0.3 is 5.32 Å². The van der Waals surface area contributed by atoms with Gasteiger partial charge >= 0.3 is 0 Å². The third kappa shape index (κ3) is 2.65. The first-order valence-corrected chi connectivity index (χ1v) is 4.94. The van der Waals surface area contributed by atoms with E-state index >= 15 is 0 Å². The number of halogens is 1. The van der Waals surface area contributed by atoms with Crippen LogP contribution in [-0.2, 0) is 0 Å². The number of rotatable bonds is 3. The summed E-state index contributed by atoms with van der Waals surface area (Å²) in [6.45, 7) is 3.47. The molecule has 4 nitrogen and oxygen atoms in total. The lowest BCUT2D eigenvalue weighted by atomic mass is 10.1. The fraction of sp³-hybridized carbons (Fsp3) is 0.273. The van der Waals surface area contributed by atoms with Crippen LogP contribution in [0.1, 0.15) is 13.8 Å². The highest BCUT2D eigenvalue weighted by molar-refractivity contribution is 6.33. The third-order valence-corrected chi connectivity index (χ3v) is 2.30. The normalized spacial score (nSPS) is 10.6. The highest BCUT2D eigenvalue weighted by atomic mass is 35.5. The van der Waals surface area contributed by atoms with Crippen LogP contribution in [-0.4, -0.2) is 10.5 Å². The number of hydrogen-bond acceptors (Lipinski definition) is 3. The molecule has 16 heavy (non-hydrogen) atoms. The van der Waals surface area contributed by atoms with Crippen molar-refractivity contribution in [2.24, 2.45) is 0 Å². The molecule has 1 aromatic carbocycles. The highest BCUT2D eigenvalue weighted by Crippen LogP contribution is 2.33. The van der Waals surface area contributed by atoms with E-state index < -0.39 is 10.5 Å². The minimum atomic E-state index is -0.699. The lowest BCUT2D eigenvalue weighted by molar-refractivity contribution is -0.384. The number of nitro groups is 1. The van der Waals surface area contributed by atoms with E-state index in [0.29, 0.717) is 0 Å². The number of benzene rings is 1. The summed E-state index contributed by atoms with van der Waals surface area (Å²) >= 11 is 5.90. The predicted molar refractivity (Wildman–Crippen MR) is 64.6 cm³/mol. The second-order valence-electron chi connectivity index (χ2n) is 3.79. The molecule has 5 heteroatoms. The van der Waals surface area contributed by atoms with Crippen LogP contribution in [0.4, 0.5) is 11.4 Å². The Kier molecular flexibility index (Phi) is 3.41. The van der Waals surface area contributed by atoms with E-state index in [4.69, 9.17) is 18.0 Å². The summed E-state index contributed by atoms with van der Waals surface area (Å²) in [5, 5.41) is 14.0. The van der Waals surface area contributed by atoms with Gasteiger partial charge in [0, 0.05) is 6.07 Å². The lowest BCUT2D eigenvalue weighted by Crippen LogP contribution is -2.29. The Labute approximate surface area is 98.8 Å². The van der Waals surface area contributed by atoms with Gasteiger partial charge in [-0.05, 0) is 19.9 Å². The van der Waals surface area contributed by atoms with Crippen LogP contribution in [0.15, 0.2) is 18.2 Å². The van der Waals surface area contributed by atoms with Crippen LogP contribution in [0.25, 0.3) is 0 Å². The molecule has 0 fully saturated rings. The van der Waals surface area contributed by atoms with Gasteiger partial charge in [0.05, 0.1) is 15.5 Å². The second kappa shape index (κ2) is 4.42. The highest BCUT2D eigenvalue weighted by Gasteiger charge is 2.22. The molecule has 1 N–H and O–H groups in total. The number of nitrogens with zero attached hydrogens (tertiary/aromatic N) is 1. The average Bonchev–Trinajstić information content (AvgIpc) is 2.20. The van der Waals surface area contributed by atoms with Crippen molar-refractivity contribution >= 4 is 23.0 Å². The van der Waals surface area contributed by atoms with Crippen LogP contribution in [0.2, 0.25) is 5.02 Å². The summed E-state index contributed by atoms with van der Waals surface area (Å²) in [4.78, 5) is 10.3. The zero-order valence-electron chi connectivity index (χ0n) is 8.95. The number of anilines is 1. The first-order chi connectivity index (χ1) is 7.37. The Morgan fingerprint density at radius 2 is 2.19 bits per heavy atom. The third-order valence-electron chi connectivity index (χ3n) is 1.99. The molecular formula is C11H11ClN2O2. The Balaban J connectivity index is 3.23. The van der Waals surface area contributed by atoms with E-state index in [1.165, 1.54) is 12.1 Å². The second-order valence-corrected chi connectivity index (χ2v) is 4.19. The largest absolute Gasteiger partial charge is 0.363 e. The molecule has 0 bridgehead atoms. The zero-order valence-corrected chi connectivity index (χ0v) is 9.71. The van der Waals surface area contributed by atoms with Gasteiger partial charge in [0.25, 0.3) is 5.69 Å². The van der Waals surface area contributed by atoms with Gasteiger partial charge in [0.15, 0.2) is 0 Å². The molecule has 1 aromatic rings. The smallest absolute Gasteiger partial charge is 0.293 e. The predicted octanol–water partition coefficient (Wildman–Crippen LogP) is 3.07. The SMILES string of the molecule is C#CC(C)(C)Nc1c(Cl)cccc1[N+](=O)[O-]. The van der Waals surface area contributed by atoms with E-state index in [2.05, 4.69) is 11.2 Å². The van der Waals surface area contributed by atoms with Crippen LogP contribution >= 0.6 is 11.6 Å². The van der Waals surface area contributed by atoms with Crippen molar-refractivity contribution in [3.63, 3.8) is 0 Å². The van der Waals surface area contributed by atoms with Crippen molar-refractivity contribution in [2.75, 3.05) is 5.32 Å². The summed E-state index contributed by atoms with van der Waals surface area (Å²) in [6, 6.07) is 4.47. The summed E-state index contributed by atoms with van der Waals surface area (Å²) in [5.74, 6) is 2.49. The number of para-hydroxylation sites is 1. The maximum Gasteiger partial charge on any atom is 0.293 e. The van der Waals surface area contributed by atoms with Gasteiger partial charge in [-0.1, -0.05) is 23.6 Å². The number of terminal acetylenes is 1. The molecule has 1 rings (SSSR count). The molecule has 0 aromatic heterocycles. The van der Waals surface area contributed by atoms with Gasteiger partial charge in [-0.3, -0.25) is 10.1 Å². The first kappa shape index (κ1) is 12.3. The average molecular weight is 239 g/mol. The molecule has 0 saturated carbocycles. The summed E-state index contributed by atoms with van der Waals surface area (Å²) in [7, 11) is 0. The minimum Gasteiger partial charge on any atom is -0.363 e. The molecule has 0 saturated heterocycles. The van der Waals surface area contributed by atoms with Gasteiger partial charge in [-0.2, -0.15) is 0 Å². The number of nitro benzene ring substituents is 1. The molecule has 0 aliphatic heterocycles. The number of hydrogen-bond donors (Lipinski definition) is 1. The van der Waals surface area contributed by atoms with E-state index in [-0.39, 0.29) is 16.4 Å². The van der Waals surface area contributed by atoms with Crippen molar-refractivity contribution in [3.8, 4) is 12.3 Å². The van der Waals surface area contributed by atoms with Gasteiger partial charge in [0.2, 0.25) is 0 Å². The Morgan fingerprint density at radius 1 is 1.56 bits per heavy atom. The molecule has 0 aliphatic carbocycles. The van der Waals surface area contributed by atoms with Gasteiger partial charge in [0.1, 0.15) is 5.69 Å². The van der Waals surface area contributed by atoms with Crippen LogP contribution in [0, 0.1) is 22.5 Å². The Hall–Kier alpha value is -1.73. The number of nitrogens with one attached hydrogen (secondary N) is 1. The molecule has 0 atom stereocenters. The Bertz CT molecular complexity index is 464. The van der Waals surface area contributed by atoms with Crippen LogP contribution < -0.4 is 5.32 Å². The molecular weight excluding hydrogens is 228 g/mol. The quantitative estimate of drug-likeness (QED) is 0.500. The summed E-state index contributed by atoms with van der Waals surface area (Å²) in [5.41, 5.74) is -0.539. The van der Waals surface area contributed by atoms with Gasteiger partial charge in [-0.15, -0.1) is 6.42 Å². The monoisotopic (exact) mass is 238 g/mol. The zero-order chi connectivity index (χ0) is 12.3. The molecule has 0 heterocycles. The summed E-state index contributed by atoms with van der Waals surface area (Å²) in [6.07, 6.45) is 5.30. The van der Waals surface area contributed by atoms with Crippen molar-refractivity contribution in [1.82, 2.24) is 0 Å². The first-order valence-electron chi connectivity index (χ1n) is 4.56. The maximum absolute atomic E-state index is 10.8. The fourth-order valence-electron chi connectivity index (χ4n) is 1.14. The standard InChI is InChI=1S/C11H11ClN2O2/c1-4-11(2,3)13-10-8(12)6-5-7-9(10)14(15)16/h1,5-7,13H,2-3H3. The van der Waals surface area contributed by atoms with E-state index in [1.54, 1.807) is 19.9 Å². The molecule has 0 amide bonds.